The average molecular weight is 337 g/mol. The summed E-state index contributed by atoms with van der Waals surface area (Å²) < 4.78 is 2.28. The fraction of sp³-hybridized carbons (Fsp3) is 0.444. The predicted molar refractivity (Wildman–Crippen MR) is 93.5 cm³/mol. The summed E-state index contributed by atoms with van der Waals surface area (Å²) in [6.07, 6.45) is 8.18. The van der Waals surface area contributed by atoms with Crippen LogP contribution in [-0.4, -0.2) is 22.6 Å². The molecule has 0 aliphatic carbocycles. The molecule has 3 rings (SSSR count). The molecule has 2 nitrogen and oxygen atoms in total. The van der Waals surface area contributed by atoms with Crippen molar-refractivity contribution in [2.24, 2.45) is 5.92 Å². The second kappa shape index (κ2) is 7.54. The molecule has 1 aliphatic rings. The van der Waals surface area contributed by atoms with Crippen LogP contribution in [0.3, 0.4) is 0 Å². The quantitative estimate of drug-likeness (QED) is 0.737. The van der Waals surface area contributed by atoms with Gasteiger partial charge in [0, 0.05) is 25.5 Å². The maximum absolute atomic E-state index is 6.09. The maximum Gasteiger partial charge on any atom is 0.0595 e. The van der Waals surface area contributed by atoms with Crippen LogP contribution < -0.4 is 0 Å². The van der Waals surface area contributed by atoms with Crippen LogP contribution >= 0.6 is 23.2 Å². The molecule has 0 unspecified atom stereocenters. The van der Waals surface area contributed by atoms with Crippen molar-refractivity contribution < 1.29 is 0 Å². The fourth-order valence-electron chi connectivity index (χ4n) is 3.18. The summed E-state index contributed by atoms with van der Waals surface area (Å²) in [5, 5.41) is 1.29. The lowest BCUT2D eigenvalue weighted by Crippen LogP contribution is -2.33. The fourth-order valence-corrected chi connectivity index (χ4v) is 3.50. The van der Waals surface area contributed by atoms with Crippen molar-refractivity contribution in [2.75, 3.05) is 13.1 Å². The van der Waals surface area contributed by atoms with Crippen molar-refractivity contribution in [3.8, 4) is 0 Å². The van der Waals surface area contributed by atoms with Crippen molar-refractivity contribution in [1.29, 1.82) is 0 Å². The summed E-state index contributed by atoms with van der Waals surface area (Å²) in [7, 11) is 0. The van der Waals surface area contributed by atoms with E-state index in [9.17, 15) is 0 Å². The number of benzene rings is 1. The van der Waals surface area contributed by atoms with Gasteiger partial charge in [-0.1, -0.05) is 29.3 Å². The van der Waals surface area contributed by atoms with Crippen LogP contribution in [0.25, 0.3) is 0 Å². The number of hydrogen-bond donors (Lipinski definition) is 0. The summed E-state index contributed by atoms with van der Waals surface area (Å²) in [6.45, 7) is 4.47. The molecule has 1 saturated heterocycles. The van der Waals surface area contributed by atoms with Crippen LogP contribution in [0, 0.1) is 5.92 Å². The summed E-state index contributed by atoms with van der Waals surface area (Å²) in [5.74, 6) is 0.854. The lowest BCUT2D eigenvalue weighted by atomic mass is 9.93. The highest BCUT2D eigenvalue weighted by atomic mass is 35.5. The normalized spacial score (nSPS) is 17.0. The molecule has 0 radical (unpaired) electrons. The lowest BCUT2D eigenvalue weighted by Gasteiger charge is -2.32. The second-order valence-electron chi connectivity index (χ2n) is 6.18. The Balaban J connectivity index is 1.44. The van der Waals surface area contributed by atoms with Gasteiger partial charge in [-0.25, -0.2) is 0 Å². The molecule has 0 N–H and O–H groups in total. The first-order chi connectivity index (χ1) is 10.7. The topological polar surface area (TPSA) is 8.17 Å². The standard InChI is InChI=1S/C18H22Cl2N2/c19-17-4-3-16(13-18(17)20)14-22-11-6-15(7-12-22)5-10-21-8-1-2-9-21/h1-4,8-9,13,15H,5-7,10-12,14H2. The highest BCUT2D eigenvalue weighted by Gasteiger charge is 2.19. The van der Waals surface area contributed by atoms with Gasteiger partial charge in [0.2, 0.25) is 0 Å². The Hall–Kier alpha value is -0.960. The Kier molecular flexibility index (Phi) is 5.46. The highest BCUT2D eigenvalue weighted by molar-refractivity contribution is 6.42. The van der Waals surface area contributed by atoms with E-state index in [1.807, 2.05) is 12.1 Å². The van der Waals surface area contributed by atoms with Crippen LogP contribution in [0.4, 0.5) is 0 Å². The van der Waals surface area contributed by atoms with Gasteiger partial charge in [0.15, 0.2) is 0 Å². The number of piperidine rings is 1. The lowest BCUT2D eigenvalue weighted by molar-refractivity contribution is 0.169. The maximum atomic E-state index is 6.09. The summed E-state index contributed by atoms with van der Waals surface area (Å²) in [5.41, 5.74) is 1.25. The molecule has 1 aromatic carbocycles. The Morgan fingerprint density at radius 2 is 1.73 bits per heavy atom. The Labute approximate surface area is 142 Å². The van der Waals surface area contributed by atoms with E-state index in [0.29, 0.717) is 10.0 Å². The van der Waals surface area contributed by atoms with E-state index >= 15 is 0 Å². The Morgan fingerprint density at radius 3 is 2.41 bits per heavy atom. The zero-order chi connectivity index (χ0) is 15.4. The molecule has 0 bridgehead atoms. The molecular formula is C18H22Cl2N2. The largest absolute Gasteiger partial charge is 0.354 e. The van der Waals surface area contributed by atoms with E-state index in [1.54, 1.807) is 0 Å². The number of aryl methyl sites for hydroxylation is 1. The van der Waals surface area contributed by atoms with Gasteiger partial charge in [-0.3, -0.25) is 4.90 Å². The van der Waals surface area contributed by atoms with E-state index < -0.39 is 0 Å². The van der Waals surface area contributed by atoms with Crippen molar-refractivity contribution >= 4 is 23.2 Å². The van der Waals surface area contributed by atoms with Gasteiger partial charge in [-0.15, -0.1) is 0 Å². The molecular weight excluding hydrogens is 315 g/mol. The zero-order valence-electron chi connectivity index (χ0n) is 12.7. The summed E-state index contributed by atoms with van der Waals surface area (Å²) in [4.78, 5) is 2.52. The molecule has 22 heavy (non-hydrogen) atoms. The summed E-state index contributed by atoms with van der Waals surface area (Å²) in [6, 6.07) is 10.1. The van der Waals surface area contributed by atoms with Crippen molar-refractivity contribution in [2.45, 2.75) is 32.4 Å². The smallest absolute Gasteiger partial charge is 0.0595 e. The number of hydrogen-bond acceptors (Lipinski definition) is 1. The summed E-state index contributed by atoms with van der Waals surface area (Å²) >= 11 is 12.1. The molecule has 0 saturated carbocycles. The third kappa shape index (κ3) is 4.28. The third-order valence-corrected chi connectivity index (χ3v) is 5.30. The predicted octanol–water partition coefficient (Wildman–Crippen LogP) is 5.10. The first-order valence-electron chi connectivity index (χ1n) is 7.98. The molecule has 0 amide bonds. The molecule has 118 valence electrons. The number of aromatic nitrogens is 1. The minimum absolute atomic E-state index is 0.633. The highest BCUT2D eigenvalue weighted by Crippen LogP contribution is 2.25. The Bertz CT molecular complexity index is 587. The van der Waals surface area contributed by atoms with Crippen LogP contribution in [-0.2, 0) is 13.1 Å². The van der Waals surface area contributed by atoms with Gasteiger partial charge < -0.3 is 4.57 Å². The second-order valence-corrected chi connectivity index (χ2v) is 6.99. The first-order valence-corrected chi connectivity index (χ1v) is 8.73. The van der Waals surface area contributed by atoms with Gasteiger partial charge in [-0.05, 0) is 68.1 Å². The van der Waals surface area contributed by atoms with Gasteiger partial charge >= 0.3 is 0 Å². The molecule has 4 heteroatoms. The molecule has 0 spiro atoms. The molecule has 1 fully saturated rings. The van der Waals surface area contributed by atoms with E-state index in [2.05, 4.69) is 40.1 Å². The third-order valence-electron chi connectivity index (χ3n) is 4.56. The number of halogens is 2. The van der Waals surface area contributed by atoms with Crippen molar-refractivity contribution in [3.05, 3.63) is 58.3 Å². The average Bonchev–Trinajstić information content (AvgIpc) is 3.04. The van der Waals surface area contributed by atoms with Gasteiger partial charge in [-0.2, -0.15) is 0 Å². The zero-order valence-corrected chi connectivity index (χ0v) is 14.2. The van der Waals surface area contributed by atoms with Gasteiger partial charge in [0.1, 0.15) is 0 Å². The number of nitrogens with zero attached hydrogens (tertiary/aromatic N) is 2. The van der Waals surface area contributed by atoms with E-state index in [4.69, 9.17) is 23.2 Å². The molecule has 2 heterocycles. The van der Waals surface area contributed by atoms with Crippen LogP contribution in [0.15, 0.2) is 42.7 Å². The monoisotopic (exact) mass is 336 g/mol. The molecule has 0 atom stereocenters. The van der Waals surface area contributed by atoms with E-state index in [-0.39, 0.29) is 0 Å². The molecule has 2 aromatic rings. The first kappa shape index (κ1) is 15.9. The van der Waals surface area contributed by atoms with Crippen molar-refractivity contribution in [3.63, 3.8) is 0 Å². The van der Waals surface area contributed by atoms with Gasteiger partial charge in [0.05, 0.1) is 10.0 Å². The molecule has 1 aromatic heterocycles. The minimum Gasteiger partial charge on any atom is -0.354 e. The number of likely N-dealkylation sites (tertiary alicyclic amines) is 1. The van der Waals surface area contributed by atoms with Crippen LogP contribution in [0.1, 0.15) is 24.8 Å². The van der Waals surface area contributed by atoms with Crippen LogP contribution in [0.5, 0.6) is 0 Å². The van der Waals surface area contributed by atoms with E-state index in [0.717, 1.165) is 19.0 Å². The van der Waals surface area contributed by atoms with E-state index in [1.165, 1.54) is 37.9 Å². The Morgan fingerprint density at radius 1 is 1.00 bits per heavy atom. The van der Waals surface area contributed by atoms with Crippen LogP contribution in [0.2, 0.25) is 10.0 Å². The number of rotatable bonds is 5. The SMILES string of the molecule is Clc1ccc(CN2CCC(CCn3cccc3)CC2)cc1Cl. The van der Waals surface area contributed by atoms with Gasteiger partial charge in [0.25, 0.3) is 0 Å². The molecule has 1 aliphatic heterocycles. The minimum atomic E-state index is 0.633. The van der Waals surface area contributed by atoms with Crippen molar-refractivity contribution in [1.82, 2.24) is 9.47 Å².